The van der Waals surface area contributed by atoms with E-state index in [0.717, 1.165) is 9.84 Å². The summed E-state index contributed by atoms with van der Waals surface area (Å²) in [6, 6.07) is 0. The van der Waals surface area contributed by atoms with Gasteiger partial charge in [0.05, 0.1) is 0 Å². The number of likely N-dealkylation sites (tertiary alicyclic amines) is 1. The molecule has 1 aliphatic heterocycles. The average molecular weight is 239 g/mol. The van der Waals surface area contributed by atoms with Crippen molar-refractivity contribution in [2.24, 2.45) is 5.92 Å². The van der Waals surface area contributed by atoms with Gasteiger partial charge < -0.3 is 4.90 Å². The molecule has 1 heterocycles. The van der Waals surface area contributed by atoms with E-state index in [1.54, 1.807) is 0 Å². The SMILES string of the molecule is CC1CCN(C)CC1I. The van der Waals surface area contributed by atoms with Crippen LogP contribution in [0.5, 0.6) is 0 Å². The molecular weight excluding hydrogens is 225 g/mol. The maximum absolute atomic E-state index is 2.56. The second-order valence-corrected chi connectivity index (χ2v) is 4.64. The highest BCUT2D eigenvalue weighted by molar-refractivity contribution is 14.1. The van der Waals surface area contributed by atoms with E-state index in [4.69, 9.17) is 0 Å². The van der Waals surface area contributed by atoms with Gasteiger partial charge in [0.1, 0.15) is 0 Å². The molecule has 2 heteroatoms. The van der Waals surface area contributed by atoms with E-state index in [1.165, 1.54) is 19.5 Å². The lowest BCUT2D eigenvalue weighted by Crippen LogP contribution is -2.37. The lowest BCUT2D eigenvalue weighted by Gasteiger charge is -2.31. The van der Waals surface area contributed by atoms with Crippen molar-refractivity contribution in [2.45, 2.75) is 17.3 Å². The number of nitrogens with zero attached hydrogens (tertiary/aromatic N) is 1. The van der Waals surface area contributed by atoms with Gasteiger partial charge >= 0.3 is 0 Å². The Hall–Kier alpha value is 0.690. The number of hydrogen-bond donors (Lipinski definition) is 0. The molecule has 2 unspecified atom stereocenters. The highest BCUT2D eigenvalue weighted by Gasteiger charge is 2.20. The molecule has 1 aliphatic rings. The topological polar surface area (TPSA) is 3.24 Å². The summed E-state index contributed by atoms with van der Waals surface area (Å²) in [5, 5.41) is 0. The fourth-order valence-corrected chi connectivity index (χ4v) is 2.21. The van der Waals surface area contributed by atoms with Crippen molar-refractivity contribution >= 4 is 22.6 Å². The number of hydrogen-bond acceptors (Lipinski definition) is 1. The molecule has 2 atom stereocenters. The van der Waals surface area contributed by atoms with Crippen LogP contribution in [0.15, 0.2) is 0 Å². The predicted molar refractivity (Wildman–Crippen MR) is 49.1 cm³/mol. The molecule has 0 amide bonds. The minimum atomic E-state index is 0.876. The summed E-state index contributed by atoms with van der Waals surface area (Å²) in [7, 11) is 2.21. The van der Waals surface area contributed by atoms with Crippen LogP contribution in [0.3, 0.4) is 0 Å². The van der Waals surface area contributed by atoms with Gasteiger partial charge in [-0.3, -0.25) is 0 Å². The van der Waals surface area contributed by atoms with Crippen LogP contribution in [0.1, 0.15) is 13.3 Å². The molecule has 0 bridgehead atoms. The normalized spacial score (nSPS) is 39.0. The van der Waals surface area contributed by atoms with Crippen molar-refractivity contribution in [3.05, 3.63) is 0 Å². The van der Waals surface area contributed by atoms with E-state index in [9.17, 15) is 0 Å². The van der Waals surface area contributed by atoms with E-state index in [2.05, 4.69) is 41.5 Å². The Bertz CT molecular complexity index is 94.9. The second kappa shape index (κ2) is 3.19. The third-order valence-electron chi connectivity index (χ3n) is 2.07. The Morgan fingerprint density at radius 1 is 1.56 bits per heavy atom. The van der Waals surface area contributed by atoms with Crippen LogP contribution in [-0.2, 0) is 0 Å². The maximum Gasteiger partial charge on any atom is 0.0263 e. The van der Waals surface area contributed by atoms with Crippen LogP contribution < -0.4 is 0 Å². The fraction of sp³-hybridized carbons (Fsp3) is 1.00. The zero-order chi connectivity index (χ0) is 6.85. The van der Waals surface area contributed by atoms with Gasteiger partial charge in [-0.05, 0) is 25.9 Å². The largest absolute Gasteiger partial charge is 0.305 e. The van der Waals surface area contributed by atoms with Gasteiger partial charge in [0.15, 0.2) is 0 Å². The monoisotopic (exact) mass is 239 g/mol. The molecule has 1 nitrogen and oxygen atoms in total. The first-order valence-electron chi connectivity index (χ1n) is 3.53. The smallest absolute Gasteiger partial charge is 0.0263 e. The molecule has 9 heavy (non-hydrogen) atoms. The Labute approximate surface area is 70.9 Å². The molecule has 0 spiro atoms. The maximum atomic E-state index is 2.56. The van der Waals surface area contributed by atoms with Crippen molar-refractivity contribution < 1.29 is 0 Å². The molecule has 0 aliphatic carbocycles. The van der Waals surface area contributed by atoms with Crippen LogP contribution in [-0.4, -0.2) is 29.0 Å². The molecule has 0 N–H and O–H groups in total. The molecule has 1 fully saturated rings. The highest BCUT2D eigenvalue weighted by atomic mass is 127. The third-order valence-corrected chi connectivity index (χ3v) is 3.69. The summed E-state index contributed by atoms with van der Waals surface area (Å²) < 4.78 is 0.876. The minimum absolute atomic E-state index is 0.876. The first kappa shape index (κ1) is 7.79. The number of alkyl halides is 1. The lowest BCUT2D eigenvalue weighted by atomic mass is 10.00. The first-order chi connectivity index (χ1) is 4.20. The summed E-state index contributed by atoms with van der Waals surface area (Å²) in [6.07, 6.45) is 1.38. The molecule has 0 radical (unpaired) electrons. The third kappa shape index (κ3) is 2.08. The van der Waals surface area contributed by atoms with Crippen molar-refractivity contribution in [2.75, 3.05) is 20.1 Å². The summed E-state index contributed by atoms with van der Waals surface area (Å²) in [5.74, 6) is 0.932. The average Bonchev–Trinajstić information content (AvgIpc) is 1.80. The van der Waals surface area contributed by atoms with Gasteiger partial charge in [0, 0.05) is 10.5 Å². The highest BCUT2D eigenvalue weighted by Crippen LogP contribution is 2.22. The Kier molecular flexibility index (Phi) is 2.76. The molecule has 0 aromatic heterocycles. The molecular formula is C7H14IN. The van der Waals surface area contributed by atoms with Crippen molar-refractivity contribution in [1.29, 1.82) is 0 Å². The Morgan fingerprint density at radius 3 is 2.67 bits per heavy atom. The van der Waals surface area contributed by atoms with Crippen LogP contribution >= 0.6 is 22.6 Å². The van der Waals surface area contributed by atoms with Crippen LogP contribution in [0.2, 0.25) is 0 Å². The van der Waals surface area contributed by atoms with Gasteiger partial charge in [-0.2, -0.15) is 0 Å². The first-order valence-corrected chi connectivity index (χ1v) is 4.77. The molecule has 1 rings (SSSR count). The van der Waals surface area contributed by atoms with Crippen molar-refractivity contribution in [3.63, 3.8) is 0 Å². The quantitative estimate of drug-likeness (QED) is 0.460. The van der Waals surface area contributed by atoms with Crippen molar-refractivity contribution in [3.8, 4) is 0 Å². The Morgan fingerprint density at radius 2 is 2.22 bits per heavy atom. The van der Waals surface area contributed by atoms with Crippen molar-refractivity contribution in [1.82, 2.24) is 4.90 Å². The van der Waals surface area contributed by atoms with Crippen LogP contribution in [0, 0.1) is 5.92 Å². The van der Waals surface area contributed by atoms with Gasteiger partial charge in [-0.25, -0.2) is 0 Å². The molecule has 0 saturated carbocycles. The zero-order valence-electron chi connectivity index (χ0n) is 6.10. The van der Waals surface area contributed by atoms with E-state index < -0.39 is 0 Å². The lowest BCUT2D eigenvalue weighted by molar-refractivity contribution is 0.244. The predicted octanol–water partition coefficient (Wildman–Crippen LogP) is 1.76. The molecule has 54 valence electrons. The minimum Gasteiger partial charge on any atom is -0.305 e. The molecule has 0 aromatic carbocycles. The number of rotatable bonds is 0. The fourth-order valence-electron chi connectivity index (χ4n) is 1.17. The zero-order valence-corrected chi connectivity index (χ0v) is 8.26. The standard InChI is InChI=1S/C7H14IN/c1-6-3-4-9(2)5-7(6)8/h6-7H,3-5H2,1-2H3. The summed E-state index contributed by atoms with van der Waals surface area (Å²) in [4.78, 5) is 2.41. The van der Waals surface area contributed by atoms with Gasteiger partial charge in [-0.15, -0.1) is 0 Å². The van der Waals surface area contributed by atoms with E-state index in [1.807, 2.05) is 0 Å². The Balaban J connectivity index is 2.35. The van der Waals surface area contributed by atoms with Crippen LogP contribution in [0.25, 0.3) is 0 Å². The van der Waals surface area contributed by atoms with E-state index >= 15 is 0 Å². The summed E-state index contributed by atoms with van der Waals surface area (Å²) >= 11 is 2.56. The van der Waals surface area contributed by atoms with Gasteiger partial charge in [0.2, 0.25) is 0 Å². The van der Waals surface area contributed by atoms with Gasteiger partial charge in [0.25, 0.3) is 0 Å². The number of piperidine rings is 1. The summed E-state index contributed by atoms with van der Waals surface area (Å²) in [5.41, 5.74) is 0. The number of halogens is 1. The van der Waals surface area contributed by atoms with Crippen LogP contribution in [0.4, 0.5) is 0 Å². The summed E-state index contributed by atoms with van der Waals surface area (Å²) in [6.45, 7) is 4.92. The molecule has 1 saturated heterocycles. The second-order valence-electron chi connectivity index (χ2n) is 3.04. The van der Waals surface area contributed by atoms with Gasteiger partial charge in [-0.1, -0.05) is 29.5 Å². The molecule has 0 aromatic rings. The van der Waals surface area contributed by atoms with E-state index in [0.29, 0.717) is 0 Å². The van der Waals surface area contributed by atoms with E-state index in [-0.39, 0.29) is 0 Å².